The quantitative estimate of drug-likeness (QED) is 0.583. The van der Waals surface area contributed by atoms with Gasteiger partial charge in [-0.1, -0.05) is 33.6 Å². The number of nitrogens with zero attached hydrogens (tertiary/aromatic N) is 1. The average Bonchev–Trinajstić information content (AvgIpc) is 3.11. The lowest BCUT2D eigenvalue weighted by molar-refractivity contribution is -0.163. The predicted octanol–water partition coefficient (Wildman–Crippen LogP) is 2.24. The number of hydrogen-bond acceptors (Lipinski definition) is 5. The maximum absolute atomic E-state index is 13.3. The van der Waals surface area contributed by atoms with Crippen molar-refractivity contribution in [3.8, 4) is 0 Å². The molecule has 4 atom stereocenters. The van der Waals surface area contributed by atoms with Gasteiger partial charge in [-0.25, -0.2) is 4.79 Å². The van der Waals surface area contributed by atoms with Crippen molar-refractivity contribution in [2.24, 2.45) is 5.92 Å². The minimum absolute atomic E-state index is 0.0320. The number of carbonyl (C=O) groups excluding carboxylic acids is 3. The van der Waals surface area contributed by atoms with E-state index in [9.17, 15) is 14.4 Å². The van der Waals surface area contributed by atoms with Crippen molar-refractivity contribution in [3.63, 3.8) is 0 Å². The first kappa shape index (κ1) is 24.4. The van der Waals surface area contributed by atoms with Crippen LogP contribution in [-0.2, 0) is 19.1 Å². The second kappa shape index (κ2) is 10.8. The lowest BCUT2D eigenvalue weighted by Gasteiger charge is -2.33. The molecule has 7 heteroatoms. The Balaban J connectivity index is 2.96. The van der Waals surface area contributed by atoms with Crippen LogP contribution in [0.25, 0.3) is 0 Å². The van der Waals surface area contributed by atoms with E-state index in [4.69, 9.17) is 4.74 Å². The fourth-order valence-electron chi connectivity index (χ4n) is 3.46. The topological polar surface area (TPSA) is 87.7 Å². The van der Waals surface area contributed by atoms with Gasteiger partial charge in [-0.3, -0.25) is 9.59 Å². The molecule has 0 aromatic carbocycles. The highest BCUT2D eigenvalue weighted by Crippen LogP contribution is 2.24. The summed E-state index contributed by atoms with van der Waals surface area (Å²) in [4.78, 5) is 40.2. The molecule has 0 bridgehead atoms. The zero-order valence-corrected chi connectivity index (χ0v) is 18.6. The van der Waals surface area contributed by atoms with Crippen molar-refractivity contribution in [2.75, 3.05) is 13.6 Å². The van der Waals surface area contributed by atoms with Crippen LogP contribution in [-0.4, -0.2) is 60.0 Å². The molecule has 1 fully saturated rings. The molecular formula is C21H39N3O4. The molecule has 0 radical (unpaired) electrons. The van der Waals surface area contributed by atoms with Gasteiger partial charge in [0, 0.05) is 6.54 Å². The maximum Gasteiger partial charge on any atom is 0.329 e. The Bertz CT molecular complexity index is 544. The Labute approximate surface area is 169 Å². The summed E-state index contributed by atoms with van der Waals surface area (Å²) in [5.74, 6) is -0.763. The molecule has 0 aromatic heterocycles. The SMILES string of the molecule is CCCC(NC)C(=O)N[C@H](C(=O)N1CCC[C@H]1C(=O)OC(C)(C)C)[C@@H](C)CC. The number of ether oxygens (including phenoxy) is 1. The van der Waals surface area contributed by atoms with Crippen molar-refractivity contribution in [1.29, 1.82) is 0 Å². The Morgan fingerprint density at radius 2 is 1.86 bits per heavy atom. The number of carbonyl (C=O) groups is 3. The molecule has 0 aromatic rings. The van der Waals surface area contributed by atoms with Gasteiger partial charge in [0.2, 0.25) is 11.8 Å². The van der Waals surface area contributed by atoms with Gasteiger partial charge < -0.3 is 20.3 Å². The lowest BCUT2D eigenvalue weighted by Crippen LogP contribution is -2.57. The summed E-state index contributed by atoms with van der Waals surface area (Å²) in [6.45, 7) is 11.9. The smallest absolute Gasteiger partial charge is 0.329 e. The van der Waals surface area contributed by atoms with Crippen molar-refractivity contribution in [2.45, 2.75) is 97.4 Å². The number of esters is 1. The van der Waals surface area contributed by atoms with Crippen molar-refractivity contribution in [3.05, 3.63) is 0 Å². The summed E-state index contributed by atoms with van der Waals surface area (Å²) < 4.78 is 5.51. The summed E-state index contributed by atoms with van der Waals surface area (Å²) in [5.41, 5.74) is -0.598. The van der Waals surface area contributed by atoms with Crippen LogP contribution >= 0.6 is 0 Å². The predicted molar refractivity (Wildman–Crippen MR) is 110 cm³/mol. The van der Waals surface area contributed by atoms with E-state index in [1.54, 1.807) is 11.9 Å². The fourth-order valence-corrected chi connectivity index (χ4v) is 3.46. The highest BCUT2D eigenvalue weighted by atomic mass is 16.6. The Morgan fingerprint density at radius 3 is 2.36 bits per heavy atom. The molecule has 1 aliphatic rings. The minimum atomic E-state index is -0.645. The summed E-state index contributed by atoms with van der Waals surface area (Å²) in [5, 5.41) is 5.96. The van der Waals surface area contributed by atoms with Gasteiger partial charge in [-0.2, -0.15) is 0 Å². The first-order valence-electron chi connectivity index (χ1n) is 10.6. The van der Waals surface area contributed by atoms with E-state index in [1.807, 2.05) is 41.5 Å². The number of rotatable bonds is 9. The normalized spacial score (nSPS) is 20.4. The van der Waals surface area contributed by atoms with Crippen LogP contribution in [0.3, 0.4) is 0 Å². The molecule has 162 valence electrons. The minimum Gasteiger partial charge on any atom is -0.458 e. The van der Waals surface area contributed by atoms with Crippen LogP contribution in [0.15, 0.2) is 0 Å². The summed E-state index contributed by atoms with van der Waals surface area (Å²) in [6, 6.07) is -1.55. The number of likely N-dealkylation sites (tertiary alicyclic amines) is 1. The van der Waals surface area contributed by atoms with Crippen LogP contribution in [0, 0.1) is 5.92 Å². The van der Waals surface area contributed by atoms with Crippen molar-refractivity contribution in [1.82, 2.24) is 15.5 Å². The number of amides is 2. The molecule has 2 N–H and O–H groups in total. The molecule has 28 heavy (non-hydrogen) atoms. The van der Waals surface area contributed by atoms with Gasteiger partial charge in [0.25, 0.3) is 0 Å². The van der Waals surface area contributed by atoms with Gasteiger partial charge in [0.15, 0.2) is 0 Å². The molecule has 0 spiro atoms. The van der Waals surface area contributed by atoms with E-state index >= 15 is 0 Å². The van der Waals surface area contributed by atoms with Gasteiger partial charge in [-0.05, 0) is 53.0 Å². The van der Waals surface area contributed by atoms with Gasteiger partial charge >= 0.3 is 5.97 Å². The largest absolute Gasteiger partial charge is 0.458 e. The first-order valence-corrected chi connectivity index (χ1v) is 10.6. The van der Waals surface area contributed by atoms with E-state index in [2.05, 4.69) is 10.6 Å². The zero-order chi connectivity index (χ0) is 21.5. The molecule has 2 amide bonds. The average molecular weight is 398 g/mol. The van der Waals surface area contributed by atoms with Crippen molar-refractivity contribution >= 4 is 17.8 Å². The number of hydrogen-bond donors (Lipinski definition) is 2. The monoisotopic (exact) mass is 397 g/mol. The van der Waals surface area contributed by atoms with Crippen LogP contribution in [0.2, 0.25) is 0 Å². The third-order valence-electron chi connectivity index (χ3n) is 5.23. The van der Waals surface area contributed by atoms with E-state index in [0.717, 1.165) is 19.3 Å². The third-order valence-corrected chi connectivity index (χ3v) is 5.23. The van der Waals surface area contributed by atoms with E-state index < -0.39 is 17.7 Å². The highest BCUT2D eigenvalue weighted by molar-refractivity contribution is 5.92. The third kappa shape index (κ3) is 6.76. The van der Waals surface area contributed by atoms with Gasteiger partial charge in [-0.15, -0.1) is 0 Å². The van der Waals surface area contributed by atoms with Crippen LogP contribution < -0.4 is 10.6 Å². The summed E-state index contributed by atoms with van der Waals surface area (Å²) in [6.07, 6.45) is 3.67. The van der Waals surface area contributed by atoms with Gasteiger partial charge in [0.1, 0.15) is 17.7 Å². The molecule has 1 saturated heterocycles. The van der Waals surface area contributed by atoms with Crippen LogP contribution in [0.1, 0.15) is 73.6 Å². The number of nitrogens with one attached hydrogen (secondary N) is 2. The Hall–Kier alpha value is -1.63. The fraction of sp³-hybridized carbons (Fsp3) is 0.857. The van der Waals surface area contributed by atoms with E-state index in [0.29, 0.717) is 19.4 Å². The van der Waals surface area contributed by atoms with E-state index in [1.165, 1.54) is 0 Å². The second-order valence-corrected chi connectivity index (χ2v) is 8.72. The van der Waals surface area contributed by atoms with Crippen molar-refractivity contribution < 1.29 is 19.1 Å². The molecule has 7 nitrogen and oxygen atoms in total. The first-order chi connectivity index (χ1) is 13.1. The molecule has 0 aliphatic carbocycles. The molecular weight excluding hydrogens is 358 g/mol. The zero-order valence-electron chi connectivity index (χ0n) is 18.6. The summed E-state index contributed by atoms with van der Waals surface area (Å²) in [7, 11) is 1.75. The highest BCUT2D eigenvalue weighted by Gasteiger charge is 2.41. The molecule has 0 saturated carbocycles. The second-order valence-electron chi connectivity index (χ2n) is 8.72. The van der Waals surface area contributed by atoms with E-state index in [-0.39, 0.29) is 29.7 Å². The standard InChI is InChI=1S/C21H39N3O4/c1-8-11-15(22-7)18(25)23-17(14(3)9-2)19(26)24-13-10-12-16(24)20(27)28-21(4,5)6/h14-17,22H,8-13H2,1-7H3,(H,23,25)/t14-,15?,16-,17-/m0/s1. The molecule has 1 aliphatic heterocycles. The number of likely N-dealkylation sites (N-methyl/N-ethyl adjacent to an activating group) is 1. The molecule has 1 heterocycles. The van der Waals surface area contributed by atoms with Crippen LogP contribution in [0.5, 0.6) is 0 Å². The Kier molecular flexibility index (Phi) is 9.40. The molecule has 1 unspecified atom stereocenters. The molecule has 1 rings (SSSR count). The summed E-state index contributed by atoms with van der Waals surface area (Å²) >= 11 is 0. The van der Waals surface area contributed by atoms with Gasteiger partial charge in [0.05, 0.1) is 6.04 Å². The lowest BCUT2D eigenvalue weighted by atomic mass is 9.96. The Morgan fingerprint density at radius 1 is 1.21 bits per heavy atom. The van der Waals surface area contributed by atoms with Crippen LogP contribution in [0.4, 0.5) is 0 Å². The maximum atomic E-state index is 13.3.